The van der Waals surface area contributed by atoms with Gasteiger partial charge in [0.1, 0.15) is 23.7 Å². The summed E-state index contributed by atoms with van der Waals surface area (Å²) in [6, 6.07) is 1.84. The molecule has 27 heavy (non-hydrogen) atoms. The molecule has 0 aliphatic heterocycles. The smallest absolute Gasteiger partial charge is 0.407 e. The van der Waals surface area contributed by atoms with E-state index < -0.39 is 20.0 Å². The summed E-state index contributed by atoms with van der Waals surface area (Å²) >= 11 is 3.40. The molecule has 0 radical (unpaired) electrons. The van der Waals surface area contributed by atoms with Crippen molar-refractivity contribution in [2.24, 2.45) is 0 Å². The van der Waals surface area contributed by atoms with E-state index in [0.717, 1.165) is 4.47 Å². The fourth-order valence-corrected chi connectivity index (χ4v) is 3.18. The lowest BCUT2D eigenvalue weighted by atomic mass is 10.2. The quantitative estimate of drug-likeness (QED) is 0.443. The Kier molecular flexibility index (Phi) is 8.31. The topological polar surface area (TPSA) is 69.7 Å². The van der Waals surface area contributed by atoms with Crippen molar-refractivity contribution < 1.29 is 18.7 Å². The number of hydrogen-bond donors (Lipinski definition) is 1. The van der Waals surface area contributed by atoms with Crippen LogP contribution in [0.3, 0.4) is 0 Å². The highest BCUT2D eigenvalue weighted by molar-refractivity contribution is 9.10. The number of aromatic nitrogens is 1. The first-order valence-electron chi connectivity index (χ1n) is 9.09. The Morgan fingerprint density at radius 3 is 2.37 bits per heavy atom. The van der Waals surface area contributed by atoms with E-state index in [1.807, 2.05) is 26.8 Å². The van der Waals surface area contributed by atoms with Crippen LogP contribution in [-0.4, -0.2) is 38.2 Å². The van der Waals surface area contributed by atoms with Gasteiger partial charge in [0.25, 0.3) is 0 Å². The zero-order valence-corrected chi connectivity index (χ0v) is 20.3. The summed E-state index contributed by atoms with van der Waals surface area (Å²) in [7, 11) is -1.80. The van der Waals surface area contributed by atoms with E-state index in [9.17, 15) is 4.79 Å². The highest BCUT2D eigenvalue weighted by Crippen LogP contribution is 2.36. The van der Waals surface area contributed by atoms with Crippen molar-refractivity contribution in [3.8, 4) is 5.75 Å². The summed E-state index contributed by atoms with van der Waals surface area (Å²) < 4.78 is 18.1. The van der Waals surface area contributed by atoms with Crippen LogP contribution in [0.5, 0.6) is 5.75 Å². The van der Waals surface area contributed by atoms with Crippen molar-refractivity contribution in [2.75, 3.05) is 13.2 Å². The number of nitrogens with one attached hydrogen (secondary N) is 1. The fraction of sp³-hybridized carbons (Fsp3) is 0.684. The van der Waals surface area contributed by atoms with Crippen molar-refractivity contribution in [1.82, 2.24) is 10.3 Å². The average molecular weight is 461 g/mol. The minimum Gasteiger partial charge on any atom is -0.489 e. The number of rotatable bonds is 7. The molecule has 0 aliphatic carbocycles. The second-order valence-corrected chi connectivity index (χ2v) is 14.6. The standard InChI is InChI=1S/C19H33BrN2O4Si/c1-18(2,3)26-17(23)22-13-15-16(11-14(20)12-21-15)24-9-10-25-27(7,8)19(4,5)6/h11-12H,9-10,13H2,1-8H3,(H,22,23). The molecule has 154 valence electrons. The molecule has 0 saturated heterocycles. The Labute approximate surface area is 172 Å². The number of halogens is 1. The first kappa shape index (κ1) is 23.9. The zero-order valence-electron chi connectivity index (χ0n) is 17.7. The molecule has 1 rings (SSSR count). The van der Waals surface area contributed by atoms with Gasteiger partial charge in [-0.1, -0.05) is 20.8 Å². The number of hydrogen-bond acceptors (Lipinski definition) is 5. The molecule has 0 aromatic carbocycles. The van der Waals surface area contributed by atoms with Gasteiger partial charge in [0, 0.05) is 10.7 Å². The van der Waals surface area contributed by atoms with Gasteiger partial charge in [0.15, 0.2) is 8.32 Å². The number of alkyl carbamates (subject to hydrolysis) is 1. The third-order valence-corrected chi connectivity index (χ3v) is 9.28. The van der Waals surface area contributed by atoms with Gasteiger partial charge >= 0.3 is 6.09 Å². The molecule has 8 heteroatoms. The van der Waals surface area contributed by atoms with Crippen LogP contribution in [0.25, 0.3) is 0 Å². The van der Waals surface area contributed by atoms with Gasteiger partial charge in [-0.3, -0.25) is 4.98 Å². The lowest BCUT2D eigenvalue weighted by Gasteiger charge is -2.36. The monoisotopic (exact) mass is 460 g/mol. The molecule has 6 nitrogen and oxygen atoms in total. The number of amides is 1. The van der Waals surface area contributed by atoms with Gasteiger partial charge in [-0.25, -0.2) is 4.79 Å². The van der Waals surface area contributed by atoms with Crippen LogP contribution in [0.15, 0.2) is 16.7 Å². The normalized spacial score (nSPS) is 12.6. The number of carbonyl (C=O) groups excluding carboxylic acids is 1. The minimum atomic E-state index is -1.80. The Hall–Kier alpha value is -1.12. The molecule has 0 saturated carbocycles. The van der Waals surface area contributed by atoms with Gasteiger partial charge in [-0.2, -0.15) is 0 Å². The first-order chi connectivity index (χ1) is 12.2. The van der Waals surface area contributed by atoms with Crippen LogP contribution in [0.2, 0.25) is 18.1 Å². The molecule has 1 amide bonds. The summed E-state index contributed by atoms with van der Waals surface area (Å²) in [6.45, 7) is 17.7. The minimum absolute atomic E-state index is 0.160. The lowest BCUT2D eigenvalue weighted by molar-refractivity contribution is 0.0522. The van der Waals surface area contributed by atoms with Crippen LogP contribution in [0.1, 0.15) is 47.2 Å². The van der Waals surface area contributed by atoms with Gasteiger partial charge in [0.2, 0.25) is 0 Å². The van der Waals surface area contributed by atoms with Gasteiger partial charge < -0.3 is 19.2 Å². The van der Waals surface area contributed by atoms with E-state index in [2.05, 4.69) is 60.1 Å². The molecule has 0 fully saturated rings. The van der Waals surface area contributed by atoms with Crippen LogP contribution in [-0.2, 0) is 15.7 Å². The van der Waals surface area contributed by atoms with Crippen molar-refractivity contribution in [3.63, 3.8) is 0 Å². The van der Waals surface area contributed by atoms with Crippen molar-refractivity contribution in [3.05, 3.63) is 22.4 Å². The summed E-state index contributed by atoms with van der Waals surface area (Å²) in [6.07, 6.45) is 1.19. The molecule has 0 aliphatic rings. The average Bonchev–Trinajstić information content (AvgIpc) is 2.48. The predicted octanol–water partition coefficient (Wildman–Crippen LogP) is 5.27. The summed E-state index contributed by atoms with van der Waals surface area (Å²) in [5, 5.41) is 2.87. The van der Waals surface area contributed by atoms with E-state index in [1.165, 1.54) is 0 Å². The Bertz CT molecular complexity index is 640. The molecule has 0 atom stereocenters. The van der Waals surface area contributed by atoms with E-state index >= 15 is 0 Å². The van der Waals surface area contributed by atoms with E-state index in [4.69, 9.17) is 13.9 Å². The maximum atomic E-state index is 11.8. The number of carbonyl (C=O) groups is 1. The number of nitrogens with zero attached hydrogens (tertiary/aromatic N) is 1. The van der Waals surface area contributed by atoms with Crippen molar-refractivity contribution >= 4 is 30.3 Å². The van der Waals surface area contributed by atoms with E-state index in [1.54, 1.807) is 6.20 Å². The zero-order chi connectivity index (χ0) is 20.9. The first-order valence-corrected chi connectivity index (χ1v) is 12.8. The molecule has 0 unspecified atom stereocenters. The van der Waals surface area contributed by atoms with Crippen LogP contribution in [0.4, 0.5) is 4.79 Å². The Balaban J connectivity index is 2.63. The van der Waals surface area contributed by atoms with Gasteiger partial charge in [-0.05, 0) is 60.9 Å². The molecule has 1 heterocycles. The molecule has 1 aromatic rings. The molecule has 0 spiro atoms. The molecule has 0 bridgehead atoms. The lowest BCUT2D eigenvalue weighted by Crippen LogP contribution is -2.41. The second-order valence-electron chi connectivity index (χ2n) is 8.91. The van der Waals surface area contributed by atoms with Crippen LogP contribution in [0, 0.1) is 0 Å². The highest BCUT2D eigenvalue weighted by Gasteiger charge is 2.36. The van der Waals surface area contributed by atoms with E-state index in [-0.39, 0.29) is 11.6 Å². The maximum Gasteiger partial charge on any atom is 0.407 e. The Morgan fingerprint density at radius 1 is 1.19 bits per heavy atom. The SMILES string of the molecule is CC(C)(C)OC(=O)NCc1ncc(Br)cc1OCCO[Si](C)(C)C(C)(C)C. The third-order valence-electron chi connectivity index (χ3n) is 4.31. The maximum absolute atomic E-state index is 11.8. The predicted molar refractivity (Wildman–Crippen MR) is 114 cm³/mol. The van der Waals surface area contributed by atoms with Gasteiger partial charge in [-0.15, -0.1) is 0 Å². The van der Waals surface area contributed by atoms with E-state index in [0.29, 0.717) is 24.7 Å². The van der Waals surface area contributed by atoms with Crippen molar-refractivity contribution in [2.45, 2.75) is 71.8 Å². The van der Waals surface area contributed by atoms with Gasteiger partial charge in [0.05, 0.1) is 13.2 Å². The van der Waals surface area contributed by atoms with Crippen LogP contribution >= 0.6 is 15.9 Å². The number of pyridine rings is 1. The highest BCUT2D eigenvalue weighted by atomic mass is 79.9. The number of ether oxygens (including phenoxy) is 2. The van der Waals surface area contributed by atoms with Crippen LogP contribution < -0.4 is 10.1 Å². The third kappa shape index (κ3) is 8.61. The molecular formula is C19H33BrN2O4Si. The largest absolute Gasteiger partial charge is 0.489 e. The fourth-order valence-electron chi connectivity index (χ4n) is 1.84. The summed E-state index contributed by atoms with van der Waals surface area (Å²) in [4.78, 5) is 16.2. The molecular weight excluding hydrogens is 428 g/mol. The molecule has 1 aromatic heterocycles. The van der Waals surface area contributed by atoms with Crippen molar-refractivity contribution in [1.29, 1.82) is 0 Å². The molecule has 1 N–H and O–H groups in total. The summed E-state index contributed by atoms with van der Waals surface area (Å²) in [5.41, 5.74) is 0.0915. The Morgan fingerprint density at radius 2 is 1.81 bits per heavy atom. The second kappa shape index (κ2) is 9.38. The summed E-state index contributed by atoms with van der Waals surface area (Å²) in [5.74, 6) is 0.610.